The lowest BCUT2D eigenvalue weighted by Crippen LogP contribution is -2.28. The summed E-state index contributed by atoms with van der Waals surface area (Å²) >= 11 is 0. The molecular formula is C14H15FN2O3. The Bertz CT molecular complexity index is 711. The topological polar surface area (TPSA) is 75.1 Å². The fourth-order valence-corrected chi connectivity index (χ4v) is 3.06. The maximum absolute atomic E-state index is 13.7. The van der Waals surface area contributed by atoms with Crippen LogP contribution in [-0.2, 0) is 4.79 Å². The zero-order valence-corrected chi connectivity index (χ0v) is 10.8. The summed E-state index contributed by atoms with van der Waals surface area (Å²) in [5, 5.41) is 8.99. The number of nitrogens with zero attached hydrogens (tertiary/aromatic N) is 1. The summed E-state index contributed by atoms with van der Waals surface area (Å²) in [6.07, 6.45) is 2.35. The highest BCUT2D eigenvalue weighted by molar-refractivity contribution is 5.76. The van der Waals surface area contributed by atoms with Gasteiger partial charge in [0, 0.05) is 6.04 Å². The number of para-hydroxylation sites is 1. The first kappa shape index (κ1) is 12.9. The maximum Gasteiger partial charge on any atom is 0.326 e. The smallest absolute Gasteiger partial charge is 0.326 e. The molecule has 5 nitrogen and oxygen atoms in total. The van der Waals surface area contributed by atoms with Gasteiger partial charge in [0.05, 0.1) is 11.4 Å². The summed E-state index contributed by atoms with van der Waals surface area (Å²) in [7, 11) is 0. The molecule has 6 heteroatoms. The molecule has 1 heterocycles. The number of halogens is 1. The first-order chi connectivity index (χ1) is 9.58. The van der Waals surface area contributed by atoms with Crippen LogP contribution in [0.3, 0.4) is 0 Å². The molecular weight excluding hydrogens is 263 g/mol. The number of hydrogen-bond donors (Lipinski definition) is 2. The molecule has 0 saturated heterocycles. The standard InChI is InChI=1S/C14H15FN2O3/c15-10-2-1-3-11-12(10)16-14(20)17(11)9-6-4-8(5-7-9)13(18)19/h1-3,8-9H,4-7H2,(H,16,20)(H,18,19)/t8-,9+. The molecule has 106 valence electrons. The van der Waals surface area contributed by atoms with Crippen LogP contribution in [0.5, 0.6) is 0 Å². The molecule has 0 bridgehead atoms. The van der Waals surface area contributed by atoms with Crippen molar-refractivity contribution in [3.8, 4) is 0 Å². The Labute approximate surface area is 114 Å². The molecule has 0 amide bonds. The van der Waals surface area contributed by atoms with Crippen LogP contribution >= 0.6 is 0 Å². The van der Waals surface area contributed by atoms with Gasteiger partial charge in [-0.1, -0.05) is 6.07 Å². The van der Waals surface area contributed by atoms with Gasteiger partial charge in [-0.05, 0) is 37.8 Å². The number of H-pyrrole nitrogens is 1. The Kier molecular flexibility index (Phi) is 3.08. The third kappa shape index (κ3) is 2.01. The molecule has 1 aliphatic carbocycles. The van der Waals surface area contributed by atoms with Crippen LogP contribution in [0.1, 0.15) is 31.7 Å². The van der Waals surface area contributed by atoms with Gasteiger partial charge in [-0.3, -0.25) is 9.36 Å². The van der Waals surface area contributed by atoms with Crippen LogP contribution in [0.4, 0.5) is 4.39 Å². The van der Waals surface area contributed by atoms with Gasteiger partial charge in [0.1, 0.15) is 11.3 Å². The van der Waals surface area contributed by atoms with Crippen molar-refractivity contribution in [1.82, 2.24) is 9.55 Å². The second-order valence-electron chi connectivity index (χ2n) is 5.28. The molecule has 0 radical (unpaired) electrons. The molecule has 3 rings (SSSR count). The van der Waals surface area contributed by atoms with E-state index in [1.807, 2.05) is 0 Å². The van der Waals surface area contributed by atoms with Crippen molar-refractivity contribution in [1.29, 1.82) is 0 Å². The molecule has 20 heavy (non-hydrogen) atoms. The Morgan fingerprint density at radius 3 is 2.65 bits per heavy atom. The number of carbonyl (C=O) groups is 1. The SMILES string of the molecule is O=c1[nH]c2c(F)cccc2n1[C@H]1CC[C@@H](C(=O)O)CC1. The van der Waals surface area contributed by atoms with E-state index in [0.717, 1.165) is 0 Å². The van der Waals surface area contributed by atoms with E-state index in [-0.39, 0.29) is 23.2 Å². The van der Waals surface area contributed by atoms with Crippen molar-refractivity contribution in [3.05, 3.63) is 34.5 Å². The van der Waals surface area contributed by atoms with Gasteiger partial charge in [-0.2, -0.15) is 0 Å². The van der Waals surface area contributed by atoms with Gasteiger partial charge in [-0.25, -0.2) is 9.18 Å². The Morgan fingerprint density at radius 2 is 2.00 bits per heavy atom. The van der Waals surface area contributed by atoms with Gasteiger partial charge in [0.25, 0.3) is 0 Å². The van der Waals surface area contributed by atoms with Crippen LogP contribution in [0, 0.1) is 11.7 Å². The van der Waals surface area contributed by atoms with Crippen molar-refractivity contribution >= 4 is 17.0 Å². The number of carboxylic acids is 1. The summed E-state index contributed by atoms with van der Waals surface area (Å²) in [6.45, 7) is 0. The number of hydrogen-bond acceptors (Lipinski definition) is 2. The van der Waals surface area contributed by atoms with Crippen molar-refractivity contribution in [2.45, 2.75) is 31.7 Å². The largest absolute Gasteiger partial charge is 0.481 e. The zero-order valence-electron chi connectivity index (χ0n) is 10.8. The van der Waals surface area contributed by atoms with Crippen LogP contribution < -0.4 is 5.69 Å². The lowest BCUT2D eigenvalue weighted by atomic mass is 9.86. The van der Waals surface area contributed by atoms with Crippen LogP contribution in [0.25, 0.3) is 11.0 Å². The lowest BCUT2D eigenvalue weighted by Gasteiger charge is -2.26. The molecule has 0 aliphatic heterocycles. The fourth-order valence-electron chi connectivity index (χ4n) is 3.06. The third-order valence-corrected chi connectivity index (χ3v) is 4.11. The minimum atomic E-state index is -0.777. The summed E-state index contributed by atoms with van der Waals surface area (Å²) < 4.78 is 15.2. The van der Waals surface area contributed by atoms with Gasteiger partial charge < -0.3 is 10.1 Å². The van der Waals surface area contributed by atoms with Crippen molar-refractivity contribution in [2.75, 3.05) is 0 Å². The predicted molar refractivity (Wildman–Crippen MR) is 71.1 cm³/mol. The lowest BCUT2D eigenvalue weighted by molar-refractivity contribution is -0.143. The molecule has 1 saturated carbocycles. The second kappa shape index (κ2) is 4.77. The van der Waals surface area contributed by atoms with Gasteiger partial charge in [0.15, 0.2) is 0 Å². The first-order valence-corrected chi connectivity index (χ1v) is 6.69. The predicted octanol–water partition coefficient (Wildman–Crippen LogP) is 2.28. The van der Waals surface area contributed by atoms with Gasteiger partial charge in [0.2, 0.25) is 0 Å². The van der Waals surface area contributed by atoms with Crippen molar-refractivity contribution in [3.63, 3.8) is 0 Å². The van der Waals surface area contributed by atoms with E-state index >= 15 is 0 Å². The van der Waals surface area contributed by atoms with E-state index in [0.29, 0.717) is 31.2 Å². The van der Waals surface area contributed by atoms with E-state index < -0.39 is 11.8 Å². The molecule has 1 aromatic heterocycles. The number of aromatic amines is 1. The highest BCUT2D eigenvalue weighted by Gasteiger charge is 2.28. The summed E-state index contributed by atoms with van der Waals surface area (Å²) in [4.78, 5) is 25.5. The highest BCUT2D eigenvalue weighted by atomic mass is 19.1. The van der Waals surface area contributed by atoms with E-state index in [1.54, 1.807) is 16.7 Å². The fraction of sp³-hybridized carbons (Fsp3) is 0.429. The van der Waals surface area contributed by atoms with E-state index in [4.69, 9.17) is 5.11 Å². The summed E-state index contributed by atoms with van der Waals surface area (Å²) in [6, 6.07) is 4.53. The van der Waals surface area contributed by atoms with Gasteiger partial charge >= 0.3 is 11.7 Å². The van der Waals surface area contributed by atoms with Gasteiger partial charge in [-0.15, -0.1) is 0 Å². The molecule has 0 atom stereocenters. The monoisotopic (exact) mass is 278 g/mol. The number of carboxylic acid groups (broad SMARTS) is 1. The molecule has 1 aromatic carbocycles. The Morgan fingerprint density at radius 1 is 1.30 bits per heavy atom. The molecule has 1 aliphatic rings. The molecule has 0 spiro atoms. The third-order valence-electron chi connectivity index (χ3n) is 4.11. The second-order valence-corrected chi connectivity index (χ2v) is 5.28. The van der Waals surface area contributed by atoms with E-state index in [2.05, 4.69) is 4.98 Å². The first-order valence-electron chi connectivity index (χ1n) is 6.69. The Hall–Kier alpha value is -2.11. The van der Waals surface area contributed by atoms with Crippen LogP contribution in [0.2, 0.25) is 0 Å². The van der Waals surface area contributed by atoms with Crippen molar-refractivity contribution in [2.24, 2.45) is 5.92 Å². The number of fused-ring (bicyclic) bond motifs is 1. The zero-order chi connectivity index (χ0) is 14.3. The summed E-state index contributed by atoms with van der Waals surface area (Å²) in [5.41, 5.74) is 0.440. The summed E-state index contributed by atoms with van der Waals surface area (Å²) in [5.74, 6) is -1.55. The maximum atomic E-state index is 13.7. The Balaban J connectivity index is 1.96. The number of aromatic nitrogens is 2. The van der Waals surface area contributed by atoms with Crippen LogP contribution in [0.15, 0.2) is 23.0 Å². The molecule has 1 fully saturated rings. The number of aliphatic carboxylic acids is 1. The average Bonchev–Trinajstić information content (AvgIpc) is 2.77. The van der Waals surface area contributed by atoms with Crippen LogP contribution in [-0.4, -0.2) is 20.6 Å². The molecule has 0 unspecified atom stereocenters. The number of imidazole rings is 1. The minimum Gasteiger partial charge on any atom is -0.481 e. The van der Waals surface area contributed by atoms with E-state index in [1.165, 1.54) is 6.07 Å². The average molecular weight is 278 g/mol. The number of nitrogens with one attached hydrogen (secondary N) is 1. The number of benzene rings is 1. The minimum absolute atomic E-state index is 0.0614. The molecule has 2 N–H and O–H groups in total. The highest BCUT2D eigenvalue weighted by Crippen LogP contribution is 2.33. The normalized spacial score (nSPS) is 23.1. The number of rotatable bonds is 2. The molecule has 2 aromatic rings. The van der Waals surface area contributed by atoms with E-state index in [9.17, 15) is 14.0 Å². The quantitative estimate of drug-likeness (QED) is 0.885. The van der Waals surface area contributed by atoms with Crippen molar-refractivity contribution < 1.29 is 14.3 Å².